The molecule has 0 heterocycles. The second-order valence-corrected chi connectivity index (χ2v) is 5.79. The topological polar surface area (TPSA) is 84.5 Å². The van der Waals surface area contributed by atoms with E-state index in [1.165, 1.54) is 13.5 Å². The van der Waals surface area contributed by atoms with E-state index in [9.17, 15) is 14.4 Å². The third-order valence-electron chi connectivity index (χ3n) is 4.29. The van der Waals surface area contributed by atoms with Crippen molar-refractivity contribution in [2.45, 2.75) is 52.0 Å². The lowest BCUT2D eigenvalue weighted by molar-refractivity contribution is -0.141. The van der Waals surface area contributed by atoms with Crippen LogP contribution in [0.4, 0.5) is 0 Å². The summed E-state index contributed by atoms with van der Waals surface area (Å²) >= 11 is 0. The fraction of sp³-hybridized carbons (Fsp3) is 0.800. The van der Waals surface area contributed by atoms with Crippen molar-refractivity contribution >= 4 is 17.8 Å². The highest BCUT2D eigenvalue weighted by atomic mass is 16.5. The molecule has 2 N–H and O–H groups in total. The van der Waals surface area contributed by atoms with Crippen molar-refractivity contribution in [3.05, 3.63) is 0 Å². The summed E-state index contributed by atoms with van der Waals surface area (Å²) in [5, 5.41) is 5.43. The summed E-state index contributed by atoms with van der Waals surface area (Å²) in [7, 11) is 1.26. The third-order valence-corrected chi connectivity index (χ3v) is 4.29. The SMILES string of the molecule is COC(=O)CNC(=O)CCC(=O)N[C@@H]1CCC[C@@H](C)[C@@H]1C. The molecule has 0 aromatic carbocycles. The summed E-state index contributed by atoms with van der Waals surface area (Å²) in [4.78, 5) is 34.2. The molecule has 0 radical (unpaired) electrons. The van der Waals surface area contributed by atoms with Crippen molar-refractivity contribution in [2.24, 2.45) is 11.8 Å². The van der Waals surface area contributed by atoms with Gasteiger partial charge in [0.25, 0.3) is 0 Å². The van der Waals surface area contributed by atoms with Crippen molar-refractivity contribution < 1.29 is 19.1 Å². The summed E-state index contributed by atoms with van der Waals surface area (Å²) in [5.74, 6) is 0.163. The molecule has 6 heteroatoms. The van der Waals surface area contributed by atoms with Gasteiger partial charge in [0.05, 0.1) is 7.11 Å². The minimum Gasteiger partial charge on any atom is -0.468 e. The van der Waals surface area contributed by atoms with Crippen LogP contribution in [0.25, 0.3) is 0 Å². The molecule has 2 amide bonds. The van der Waals surface area contributed by atoms with Crippen LogP contribution in [0, 0.1) is 11.8 Å². The molecule has 0 aromatic heterocycles. The fourth-order valence-electron chi connectivity index (χ4n) is 2.62. The Morgan fingerprint density at radius 3 is 2.43 bits per heavy atom. The van der Waals surface area contributed by atoms with E-state index >= 15 is 0 Å². The van der Waals surface area contributed by atoms with Crippen molar-refractivity contribution in [1.82, 2.24) is 10.6 Å². The minimum absolute atomic E-state index is 0.0828. The van der Waals surface area contributed by atoms with Gasteiger partial charge in [-0.25, -0.2) is 0 Å². The van der Waals surface area contributed by atoms with E-state index < -0.39 is 5.97 Å². The van der Waals surface area contributed by atoms with Crippen LogP contribution in [-0.4, -0.2) is 37.5 Å². The molecule has 0 bridgehead atoms. The van der Waals surface area contributed by atoms with Gasteiger partial charge in [-0.3, -0.25) is 14.4 Å². The molecular weight excluding hydrogens is 272 g/mol. The predicted octanol–water partition coefficient (Wildman–Crippen LogP) is 0.997. The molecule has 21 heavy (non-hydrogen) atoms. The van der Waals surface area contributed by atoms with Gasteiger partial charge in [0.15, 0.2) is 0 Å². The van der Waals surface area contributed by atoms with E-state index in [1.54, 1.807) is 0 Å². The van der Waals surface area contributed by atoms with Crippen LogP contribution in [-0.2, 0) is 19.1 Å². The first-order valence-electron chi connectivity index (χ1n) is 7.57. The van der Waals surface area contributed by atoms with Crippen LogP contribution in [0.3, 0.4) is 0 Å². The molecule has 1 saturated carbocycles. The number of ether oxygens (including phenoxy) is 1. The highest BCUT2D eigenvalue weighted by Crippen LogP contribution is 2.29. The number of amides is 2. The number of carbonyl (C=O) groups is 3. The highest BCUT2D eigenvalue weighted by Gasteiger charge is 2.28. The first-order chi connectivity index (χ1) is 9.93. The maximum Gasteiger partial charge on any atom is 0.325 e. The zero-order valence-electron chi connectivity index (χ0n) is 13.1. The van der Waals surface area contributed by atoms with Gasteiger partial charge < -0.3 is 15.4 Å². The molecule has 3 atom stereocenters. The summed E-state index contributed by atoms with van der Waals surface area (Å²) in [6.07, 6.45) is 3.58. The molecular formula is C15H26N2O4. The standard InChI is InChI=1S/C15H26N2O4/c1-10-5-4-6-12(11(10)2)17-14(19)8-7-13(18)16-9-15(20)21-3/h10-12H,4-9H2,1-3H3,(H,16,18)(H,17,19)/t10-,11+,12-/m1/s1. The van der Waals surface area contributed by atoms with E-state index in [0.29, 0.717) is 11.8 Å². The Balaban J connectivity index is 2.24. The van der Waals surface area contributed by atoms with E-state index in [4.69, 9.17) is 0 Å². The Bertz CT molecular complexity index is 384. The van der Waals surface area contributed by atoms with Crippen molar-refractivity contribution in [3.63, 3.8) is 0 Å². The number of esters is 1. The Hall–Kier alpha value is -1.59. The smallest absolute Gasteiger partial charge is 0.325 e. The third kappa shape index (κ3) is 6.14. The zero-order valence-corrected chi connectivity index (χ0v) is 13.1. The van der Waals surface area contributed by atoms with Gasteiger partial charge in [-0.15, -0.1) is 0 Å². The van der Waals surface area contributed by atoms with Crippen molar-refractivity contribution in [3.8, 4) is 0 Å². The molecule has 120 valence electrons. The molecule has 1 fully saturated rings. The monoisotopic (exact) mass is 298 g/mol. The van der Waals surface area contributed by atoms with Gasteiger partial charge in [-0.2, -0.15) is 0 Å². The van der Waals surface area contributed by atoms with Crippen LogP contribution < -0.4 is 10.6 Å². The largest absolute Gasteiger partial charge is 0.468 e. The van der Waals surface area contributed by atoms with Crippen molar-refractivity contribution in [2.75, 3.05) is 13.7 Å². The van der Waals surface area contributed by atoms with E-state index in [2.05, 4.69) is 29.2 Å². The maximum absolute atomic E-state index is 11.9. The van der Waals surface area contributed by atoms with Gasteiger partial charge in [0, 0.05) is 18.9 Å². The number of methoxy groups -OCH3 is 1. The van der Waals surface area contributed by atoms with Crippen molar-refractivity contribution in [1.29, 1.82) is 0 Å². The van der Waals surface area contributed by atoms with Crippen LogP contribution in [0.2, 0.25) is 0 Å². The Labute approximate surface area is 126 Å². The maximum atomic E-state index is 11.9. The lowest BCUT2D eigenvalue weighted by Crippen LogP contribution is -2.44. The summed E-state index contributed by atoms with van der Waals surface area (Å²) in [6.45, 7) is 4.22. The predicted molar refractivity (Wildman–Crippen MR) is 78.4 cm³/mol. The molecule has 0 saturated heterocycles. The molecule has 1 aliphatic rings. The number of nitrogens with one attached hydrogen (secondary N) is 2. The number of hydrogen-bond acceptors (Lipinski definition) is 4. The fourth-order valence-corrected chi connectivity index (χ4v) is 2.62. The van der Waals surface area contributed by atoms with E-state index in [-0.39, 0.29) is 37.2 Å². The molecule has 0 unspecified atom stereocenters. The Kier molecular flexibility index (Phi) is 7.19. The number of hydrogen-bond donors (Lipinski definition) is 2. The van der Waals surface area contributed by atoms with Gasteiger partial charge in [0.2, 0.25) is 11.8 Å². The summed E-state index contributed by atoms with van der Waals surface area (Å²) in [5.41, 5.74) is 0. The second kappa shape index (κ2) is 8.64. The van der Waals surface area contributed by atoms with Crippen LogP contribution in [0.15, 0.2) is 0 Å². The Morgan fingerprint density at radius 2 is 1.76 bits per heavy atom. The second-order valence-electron chi connectivity index (χ2n) is 5.79. The lowest BCUT2D eigenvalue weighted by atomic mass is 9.78. The first-order valence-corrected chi connectivity index (χ1v) is 7.57. The van der Waals surface area contributed by atoms with Crippen LogP contribution in [0.1, 0.15) is 46.0 Å². The number of rotatable bonds is 6. The summed E-state index contributed by atoms with van der Waals surface area (Å²) < 4.78 is 4.42. The van der Waals surface area contributed by atoms with E-state index in [1.807, 2.05) is 0 Å². The molecule has 0 aromatic rings. The lowest BCUT2D eigenvalue weighted by Gasteiger charge is -2.34. The normalized spacial score (nSPS) is 25.0. The average Bonchev–Trinajstić information content (AvgIpc) is 2.47. The van der Waals surface area contributed by atoms with E-state index in [0.717, 1.165) is 12.8 Å². The average molecular weight is 298 g/mol. The van der Waals surface area contributed by atoms with Gasteiger partial charge in [-0.05, 0) is 18.3 Å². The van der Waals surface area contributed by atoms with Crippen LogP contribution >= 0.6 is 0 Å². The number of carbonyl (C=O) groups excluding carboxylic acids is 3. The molecule has 1 aliphatic carbocycles. The minimum atomic E-state index is -0.502. The molecule has 0 spiro atoms. The van der Waals surface area contributed by atoms with Gasteiger partial charge in [0.1, 0.15) is 6.54 Å². The van der Waals surface area contributed by atoms with Gasteiger partial charge >= 0.3 is 5.97 Å². The Morgan fingerprint density at radius 1 is 1.10 bits per heavy atom. The summed E-state index contributed by atoms with van der Waals surface area (Å²) in [6, 6.07) is 0.208. The molecule has 1 rings (SSSR count). The zero-order chi connectivity index (χ0) is 15.8. The quantitative estimate of drug-likeness (QED) is 0.716. The first kappa shape index (κ1) is 17.5. The van der Waals surface area contributed by atoms with Crippen LogP contribution in [0.5, 0.6) is 0 Å². The van der Waals surface area contributed by atoms with Gasteiger partial charge in [-0.1, -0.05) is 26.7 Å². The highest BCUT2D eigenvalue weighted by molar-refractivity contribution is 5.86. The molecule has 6 nitrogen and oxygen atoms in total. The molecule has 0 aliphatic heterocycles.